The molecule has 0 aliphatic rings. The van der Waals surface area contributed by atoms with Crippen molar-refractivity contribution in [3.05, 3.63) is 30.1 Å². The highest BCUT2D eigenvalue weighted by atomic mass is 19.1. The molecule has 1 amide bonds. The van der Waals surface area contributed by atoms with Crippen LogP contribution in [-0.4, -0.2) is 11.4 Å². The first-order valence-corrected chi connectivity index (χ1v) is 5.31. The molecule has 88 valence electrons. The number of halogens is 1. The second-order valence-electron chi connectivity index (χ2n) is 4.08. The van der Waals surface area contributed by atoms with Gasteiger partial charge in [0.25, 0.3) is 0 Å². The lowest BCUT2D eigenvalue weighted by Gasteiger charge is -2.28. The number of nitrogens with two attached hydrogens (primary N) is 1. The van der Waals surface area contributed by atoms with Gasteiger partial charge in [-0.2, -0.15) is 0 Å². The third-order valence-electron chi connectivity index (χ3n) is 2.56. The number of hydrogen-bond donors (Lipinski definition) is 2. The highest BCUT2D eigenvalue weighted by Crippen LogP contribution is 2.20. The minimum absolute atomic E-state index is 0.304. The number of rotatable bonds is 5. The Morgan fingerprint density at radius 2 is 2.00 bits per heavy atom. The van der Waals surface area contributed by atoms with Crippen LogP contribution in [0.3, 0.4) is 0 Å². The maximum atomic E-state index is 12.7. The fourth-order valence-electron chi connectivity index (χ4n) is 1.60. The van der Waals surface area contributed by atoms with Gasteiger partial charge in [-0.05, 0) is 37.6 Å². The van der Waals surface area contributed by atoms with Gasteiger partial charge in [-0.1, -0.05) is 13.3 Å². The number of benzene rings is 1. The fraction of sp³-hybridized carbons (Fsp3) is 0.417. The molecule has 3 N–H and O–H groups in total. The van der Waals surface area contributed by atoms with E-state index in [4.69, 9.17) is 5.73 Å². The predicted molar refractivity (Wildman–Crippen MR) is 62.5 cm³/mol. The highest BCUT2D eigenvalue weighted by Gasteiger charge is 2.29. The van der Waals surface area contributed by atoms with E-state index in [0.29, 0.717) is 12.1 Å². The normalized spacial score (nSPS) is 14.2. The maximum Gasteiger partial charge on any atom is 0.242 e. The number of anilines is 1. The molecular weight excluding hydrogens is 207 g/mol. The Labute approximate surface area is 94.8 Å². The van der Waals surface area contributed by atoms with Crippen molar-refractivity contribution in [2.75, 3.05) is 5.32 Å². The van der Waals surface area contributed by atoms with Crippen LogP contribution in [0.4, 0.5) is 10.1 Å². The molecule has 0 saturated carbocycles. The Balaban J connectivity index is 2.83. The first kappa shape index (κ1) is 12.5. The van der Waals surface area contributed by atoms with E-state index >= 15 is 0 Å². The van der Waals surface area contributed by atoms with Gasteiger partial charge in [0.2, 0.25) is 5.91 Å². The zero-order chi connectivity index (χ0) is 12.2. The SMILES string of the molecule is CCCC(C)(Nc1ccc(F)cc1)C(N)=O. The van der Waals surface area contributed by atoms with Crippen LogP contribution in [0, 0.1) is 5.82 Å². The summed E-state index contributed by atoms with van der Waals surface area (Å²) in [5.41, 5.74) is 5.27. The number of hydrogen-bond acceptors (Lipinski definition) is 2. The summed E-state index contributed by atoms with van der Waals surface area (Å²) in [5.74, 6) is -0.708. The fourth-order valence-corrected chi connectivity index (χ4v) is 1.60. The van der Waals surface area contributed by atoms with Crippen LogP contribution in [0.5, 0.6) is 0 Å². The Bertz CT molecular complexity index is 364. The Kier molecular flexibility index (Phi) is 3.88. The molecule has 16 heavy (non-hydrogen) atoms. The van der Waals surface area contributed by atoms with E-state index < -0.39 is 11.4 Å². The van der Waals surface area contributed by atoms with Crippen LogP contribution in [-0.2, 0) is 4.79 Å². The molecule has 1 unspecified atom stereocenters. The second-order valence-corrected chi connectivity index (χ2v) is 4.08. The topological polar surface area (TPSA) is 55.1 Å². The second kappa shape index (κ2) is 4.96. The van der Waals surface area contributed by atoms with E-state index in [1.165, 1.54) is 12.1 Å². The van der Waals surface area contributed by atoms with Crippen molar-refractivity contribution < 1.29 is 9.18 Å². The van der Waals surface area contributed by atoms with Gasteiger partial charge >= 0.3 is 0 Å². The lowest BCUT2D eigenvalue weighted by molar-refractivity contribution is -0.122. The van der Waals surface area contributed by atoms with E-state index in [0.717, 1.165) is 6.42 Å². The largest absolute Gasteiger partial charge is 0.371 e. The Morgan fingerprint density at radius 3 is 2.44 bits per heavy atom. The molecule has 0 heterocycles. The third-order valence-corrected chi connectivity index (χ3v) is 2.56. The maximum absolute atomic E-state index is 12.7. The van der Waals surface area contributed by atoms with Gasteiger partial charge in [0.05, 0.1) is 0 Å². The average molecular weight is 224 g/mol. The molecule has 0 aromatic heterocycles. The van der Waals surface area contributed by atoms with Gasteiger partial charge in [0.1, 0.15) is 11.4 Å². The summed E-state index contributed by atoms with van der Waals surface area (Å²) in [6.45, 7) is 3.73. The summed E-state index contributed by atoms with van der Waals surface area (Å²) < 4.78 is 12.7. The first-order valence-electron chi connectivity index (χ1n) is 5.31. The molecule has 0 fully saturated rings. The number of nitrogens with one attached hydrogen (secondary N) is 1. The zero-order valence-corrected chi connectivity index (χ0v) is 9.59. The molecule has 1 atom stereocenters. The van der Waals surface area contributed by atoms with Crippen LogP contribution >= 0.6 is 0 Å². The van der Waals surface area contributed by atoms with Gasteiger partial charge in [-0.15, -0.1) is 0 Å². The van der Waals surface area contributed by atoms with Crippen molar-refractivity contribution in [3.8, 4) is 0 Å². The number of carbonyl (C=O) groups excluding carboxylic acids is 1. The summed E-state index contributed by atoms with van der Waals surface area (Å²) in [6, 6.07) is 5.86. The summed E-state index contributed by atoms with van der Waals surface area (Å²) in [5, 5.41) is 3.04. The van der Waals surface area contributed by atoms with Crippen molar-refractivity contribution in [3.63, 3.8) is 0 Å². The van der Waals surface area contributed by atoms with Crippen LogP contribution < -0.4 is 11.1 Å². The molecule has 0 radical (unpaired) electrons. The quantitative estimate of drug-likeness (QED) is 0.806. The van der Waals surface area contributed by atoms with E-state index in [1.54, 1.807) is 19.1 Å². The van der Waals surface area contributed by atoms with Gasteiger partial charge < -0.3 is 11.1 Å². The number of primary amides is 1. The molecular formula is C12H17FN2O. The zero-order valence-electron chi connectivity index (χ0n) is 9.59. The van der Waals surface area contributed by atoms with E-state index in [-0.39, 0.29) is 5.82 Å². The summed E-state index contributed by atoms with van der Waals surface area (Å²) in [7, 11) is 0. The first-order chi connectivity index (χ1) is 7.48. The number of amides is 1. The van der Waals surface area contributed by atoms with Crippen molar-refractivity contribution in [1.82, 2.24) is 0 Å². The monoisotopic (exact) mass is 224 g/mol. The van der Waals surface area contributed by atoms with Gasteiger partial charge in [0.15, 0.2) is 0 Å². The van der Waals surface area contributed by atoms with Crippen LogP contribution in [0.15, 0.2) is 24.3 Å². The van der Waals surface area contributed by atoms with Gasteiger partial charge in [-0.3, -0.25) is 4.79 Å². The highest BCUT2D eigenvalue weighted by molar-refractivity contribution is 5.87. The minimum Gasteiger partial charge on any atom is -0.371 e. The van der Waals surface area contributed by atoms with E-state index in [2.05, 4.69) is 5.32 Å². The van der Waals surface area contributed by atoms with Gasteiger partial charge in [-0.25, -0.2) is 4.39 Å². The molecule has 4 heteroatoms. The van der Waals surface area contributed by atoms with Crippen LogP contribution in [0.25, 0.3) is 0 Å². The van der Waals surface area contributed by atoms with Gasteiger partial charge in [0, 0.05) is 5.69 Å². The molecule has 1 rings (SSSR count). The van der Waals surface area contributed by atoms with Crippen molar-refractivity contribution in [2.45, 2.75) is 32.2 Å². The molecule has 3 nitrogen and oxygen atoms in total. The lowest BCUT2D eigenvalue weighted by Crippen LogP contribution is -2.47. The van der Waals surface area contributed by atoms with E-state index in [1.807, 2.05) is 6.92 Å². The molecule has 0 bridgehead atoms. The predicted octanol–water partition coefficient (Wildman–Crippen LogP) is 2.28. The summed E-state index contributed by atoms with van der Waals surface area (Å²) in [6.07, 6.45) is 1.48. The Morgan fingerprint density at radius 1 is 1.44 bits per heavy atom. The lowest BCUT2D eigenvalue weighted by atomic mass is 9.95. The average Bonchev–Trinajstić information content (AvgIpc) is 2.22. The smallest absolute Gasteiger partial charge is 0.242 e. The minimum atomic E-state index is -0.785. The molecule has 1 aromatic carbocycles. The van der Waals surface area contributed by atoms with E-state index in [9.17, 15) is 9.18 Å². The van der Waals surface area contributed by atoms with Crippen molar-refractivity contribution in [1.29, 1.82) is 0 Å². The number of carbonyl (C=O) groups is 1. The third kappa shape index (κ3) is 2.95. The molecule has 0 aliphatic carbocycles. The van der Waals surface area contributed by atoms with Crippen LogP contribution in [0.1, 0.15) is 26.7 Å². The van der Waals surface area contributed by atoms with Crippen LogP contribution in [0.2, 0.25) is 0 Å². The van der Waals surface area contributed by atoms with Crippen molar-refractivity contribution in [2.24, 2.45) is 5.73 Å². The summed E-state index contributed by atoms with van der Waals surface area (Å²) >= 11 is 0. The molecule has 0 aliphatic heterocycles. The molecule has 0 saturated heterocycles. The molecule has 0 spiro atoms. The van der Waals surface area contributed by atoms with Crippen molar-refractivity contribution >= 4 is 11.6 Å². The summed E-state index contributed by atoms with van der Waals surface area (Å²) in [4.78, 5) is 11.4. The standard InChI is InChI=1S/C12H17FN2O/c1-3-8-12(2,11(14)16)15-10-6-4-9(13)5-7-10/h4-7,15H,3,8H2,1-2H3,(H2,14,16). The Hall–Kier alpha value is -1.58. The molecule has 1 aromatic rings.